The Balaban J connectivity index is 2.26. The van der Waals surface area contributed by atoms with Gasteiger partial charge in [-0.05, 0) is 15.9 Å². The summed E-state index contributed by atoms with van der Waals surface area (Å²) in [6.07, 6.45) is 2.58. The molecule has 0 spiro atoms. The number of nitrogens with zero attached hydrogens (tertiary/aromatic N) is 1. The minimum Gasteiger partial charge on any atom is -0.313 e. The van der Waals surface area contributed by atoms with Crippen LogP contribution in [0.25, 0.3) is 0 Å². The molecule has 2 rings (SSSR count). The summed E-state index contributed by atoms with van der Waals surface area (Å²) in [6, 6.07) is 0. The molecule has 0 radical (unpaired) electrons. The first-order chi connectivity index (χ1) is 8.06. The van der Waals surface area contributed by atoms with Crippen molar-refractivity contribution in [2.45, 2.75) is 0 Å². The molecule has 2 heterocycles. The first-order valence-electron chi connectivity index (χ1n) is 4.31. The number of aromatic nitrogens is 3. The quantitative estimate of drug-likeness (QED) is 0.751. The van der Waals surface area contributed by atoms with Crippen LogP contribution in [0.1, 0.15) is 10.4 Å². The van der Waals surface area contributed by atoms with Gasteiger partial charge in [0.05, 0.1) is 9.98 Å². The largest absolute Gasteiger partial charge is 0.325 e. The molecule has 0 unspecified atom stereocenters. The first-order valence-corrected chi connectivity index (χ1v) is 5.92. The van der Waals surface area contributed by atoms with Gasteiger partial charge in [-0.15, -0.1) is 0 Å². The second-order valence-corrected chi connectivity index (χ2v) is 5.32. The lowest BCUT2D eigenvalue weighted by atomic mass is 10.3. The number of rotatable bonds is 2. The fourth-order valence-electron chi connectivity index (χ4n) is 1.06. The fraction of sp³-hybridized carbons (Fsp3) is 0. The van der Waals surface area contributed by atoms with Gasteiger partial charge in [-0.1, -0.05) is 11.3 Å². The number of thiazole rings is 1. The molecular formula is C8H5BrN4O3S. The number of anilines is 1. The van der Waals surface area contributed by atoms with Crippen LogP contribution in [-0.4, -0.2) is 20.9 Å². The Morgan fingerprint density at radius 1 is 1.47 bits per heavy atom. The summed E-state index contributed by atoms with van der Waals surface area (Å²) in [7, 11) is 0. The molecular weight excluding hydrogens is 312 g/mol. The molecule has 0 aliphatic heterocycles. The lowest BCUT2D eigenvalue weighted by Crippen LogP contribution is -2.29. The van der Waals surface area contributed by atoms with Crippen molar-refractivity contribution in [3.8, 4) is 0 Å². The summed E-state index contributed by atoms with van der Waals surface area (Å²) in [4.78, 5) is 41.8. The van der Waals surface area contributed by atoms with E-state index in [1.165, 1.54) is 17.5 Å². The van der Waals surface area contributed by atoms with Crippen molar-refractivity contribution >= 4 is 38.3 Å². The lowest BCUT2D eigenvalue weighted by Gasteiger charge is -1.99. The Labute approximate surface area is 106 Å². The van der Waals surface area contributed by atoms with Gasteiger partial charge in [0.25, 0.3) is 11.5 Å². The topological polar surface area (TPSA) is 108 Å². The number of nitrogens with one attached hydrogen (secondary N) is 3. The highest BCUT2D eigenvalue weighted by Crippen LogP contribution is 2.23. The molecule has 7 nitrogen and oxygen atoms in total. The second-order valence-electron chi connectivity index (χ2n) is 2.91. The number of amides is 1. The zero-order valence-electron chi connectivity index (χ0n) is 8.11. The molecule has 0 bridgehead atoms. The van der Waals surface area contributed by atoms with E-state index in [-0.39, 0.29) is 5.56 Å². The van der Waals surface area contributed by atoms with Crippen molar-refractivity contribution in [1.29, 1.82) is 0 Å². The van der Waals surface area contributed by atoms with Gasteiger partial charge in [0.1, 0.15) is 5.56 Å². The van der Waals surface area contributed by atoms with E-state index in [4.69, 9.17) is 0 Å². The molecule has 2 aromatic heterocycles. The maximum atomic E-state index is 11.7. The summed E-state index contributed by atoms with van der Waals surface area (Å²) in [5, 5.41) is 2.79. The van der Waals surface area contributed by atoms with Crippen LogP contribution in [0.3, 0.4) is 0 Å². The van der Waals surface area contributed by atoms with Crippen molar-refractivity contribution < 1.29 is 4.79 Å². The maximum absolute atomic E-state index is 11.7. The molecule has 9 heteroatoms. The van der Waals surface area contributed by atoms with E-state index in [1.54, 1.807) is 0 Å². The van der Waals surface area contributed by atoms with Gasteiger partial charge in [-0.3, -0.25) is 19.9 Å². The van der Waals surface area contributed by atoms with Gasteiger partial charge in [0.2, 0.25) is 0 Å². The molecule has 17 heavy (non-hydrogen) atoms. The highest BCUT2D eigenvalue weighted by molar-refractivity contribution is 9.11. The van der Waals surface area contributed by atoms with Gasteiger partial charge >= 0.3 is 5.69 Å². The summed E-state index contributed by atoms with van der Waals surface area (Å²) in [5.74, 6) is -0.635. The number of H-pyrrole nitrogens is 2. The van der Waals surface area contributed by atoms with E-state index in [9.17, 15) is 14.4 Å². The highest BCUT2D eigenvalue weighted by Gasteiger charge is 2.12. The molecule has 0 atom stereocenters. The molecule has 0 aromatic carbocycles. The van der Waals surface area contributed by atoms with E-state index in [1.807, 2.05) is 4.98 Å². The Bertz CT molecular complexity index is 674. The van der Waals surface area contributed by atoms with Crippen molar-refractivity contribution in [3.63, 3.8) is 0 Å². The van der Waals surface area contributed by atoms with Crippen LogP contribution in [0.4, 0.5) is 5.13 Å². The Hall–Kier alpha value is -1.74. The van der Waals surface area contributed by atoms with Crippen LogP contribution < -0.4 is 16.6 Å². The first kappa shape index (κ1) is 11.7. The van der Waals surface area contributed by atoms with Crippen LogP contribution in [0.2, 0.25) is 0 Å². The second kappa shape index (κ2) is 4.63. The smallest absolute Gasteiger partial charge is 0.313 e. The molecule has 1 amide bonds. The zero-order valence-corrected chi connectivity index (χ0v) is 10.5. The Morgan fingerprint density at radius 2 is 2.24 bits per heavy atom. The van der Waals surface area contributed by atoms with Gasteiger partial charge in [0.15, 0.2) is 5.13 Å². The highest BCUT2D eigenvalue weighted by atomic mass is 79.9. The van der Waals surface area contributed by atoms with Crippen LogP contribution in [0.5, 0.6) is 0 Å². The molecule has 88 valence electrons. The van der Waals surface area contributed by atoms with Crippen LogP contribution in [0, 0.1) is 0 Å². The SMILES string of the molecule is O=C(Nc1ncc(Br)s1)c1c[nH]c(=O)[nH]c1=O. The molecule has 0 fully saturated rings. The number of hydrogen-bond acceptors (Lipinski definition) is 5. The summed E-state index contributed by atoms with van der Waals surface area (Å²) >= 11 is 4.40. The number of hydrogen-bond donors (Lipinski definition) is 3. The third kappa shape index (κ3) is 2.68. The van der Waals surface area contributed by atoms with Crippen LogP contribution in [-0.2, 0) is 0 Å². The number of halogens is 1. The third-order valence-electron chi connectivity index (χ3n) is 1.76. The van der Waals surface area contributed by atoms with Gasteiger partial charge in [-0.2, -0.15) is 0 Å². The monoisotopic (exact) mass is 316 g/mol. The maximum Gasteiger partial charge on any atom is 0.325 e. The molecule has 0 aliphatic carbocycles. The van der Waals surface area contributed by atoms with Crippen molar-refractivity contribution in [3.05, 3.63) is 42.6 Å². The average Bonchev–Trinajstić information content (AvgIpc) is 2.63. The standard InChI is InChI=1S/C8H5BrN4O3S/c9-4-2-11-8(17-4)13-6(15)3-1-10-7(16)12-5(3)14/h1-2H,(H,11,13,15)(H2,10,12,14,16). The minimum absolute atomic E-state index is 0.184. The van der Waals surface area contributed by atoms with E-state index in [0.717, 1.165) is 9.98 Å². The summed E-state index contributed by atoms with van der Waals surface area (Å²) in [6.45, 7) is 0. The predicted molar refractivity (Wildman–Crippen MR) is 65.5 cm³/mol. The van der Waals surface area contributed by atoms with E-state index in [2.05, 4.69) is 31.2 Å². The predicted octanol–water partition coefficient (Wildman–Crippen LogP) is 0.534. The number of carbonyl (C=O) groups excluding carboxylic acids is 1. The lowest BCUT2D eigenvalue weighted by molar-refractivity contribution is 0.102. The summed E-state index contributed by atoms with van der Waals surface area (Å²) < 4.78 is 0.753. The third-order valence-corrected chi connectivity index (χ3v) is 3.15. The van der Waals surface area contributed by atoms with E-state index in [0.29, 0.717) is 5.13 Å². The minimum atomic E-state index is -0.748. The molecule has 0 saturated carbocycles. The van der Waals surface area contributed by atoms with E-state index < -0.39 is 17.2 Å². The normalized spacial score (nSPS) is 10.2. The Kier molecular flexibility index (Phi) is 3.20. The molecule has 0 saturated heterocycles. The zero-order chi connectivity index (χ0) is 12.4. The number of aromatic amines is 2. The molecule has 2 aromatic rings. The van der Waals surface area contributed by atoms with Crippen LogP contribution in [0.15, 0.2) is 25.8 Å². The Morgan fingerprint density at radius 3 is 2.82 bits per heavy atom. The summed E-state index contributed by atoms with van der Waals surface area (Å²) in [5.41, 5.74) is -1.60. The van der Waals surface area contributed by atoms with Crippen molar-refractivity contribution in [2.24, 2.45) is 0 Å². The van der Waals surface area contributed by atoms with E-state index >= 15 is 0 Å². The molecule has 3 N–H and O–H groups in total. The van der Waals surface area contributed by atoms with Gasteiger partial charge < -0.3 is 4.98 Å². The average molecular weight is 317 g/mol. The fourth-order valence-corrected chi connectivity index (χ4v) is 2.16. The molecule has 0 aliphatic rings. The van der Waals surface area contributed by atoms with Gasteiger partial charge in [0, 0.05) is 6.20 Å². The van der Waals surface area contributed by atoms with Gasteiger partial charge in [-0.25, -0.2) is 9.78 Å². The van der Waals surface area contributed by atoms with Crippen LogP contribution >= 0.6 is 27.3 Å². The van der Waals surface area contributed by atoms with Crippen molar-refractivity contribution in [2.75, 3.05) is 5.32 Å². The number of carbonyl (C=O) groups is 1. The van der Waals surface area contributed by atoms with Crippen molar-refractivity contribution in [1.82, 2.24) is 15.0 Å².